The molecule has 1 N–H and O–H groups in total. The largest absolute Gasteiger partial charge is 0.483 e. The molecule has 1 aliphatic carbocycles. The zero-order valence-electron chi connectivity index (χ0n) is 10.8. The van der Waals surface area contributed by atoms with Crippen LogP contribution in [0.2, 0.25) is 0 Å². The van der Waals surface area contributed by atoms with Gasteiger partial charge in [0.25, 0.3) is 0 Å². The summed E-state index contributed by atoms with van der Waals surface area (Å²) in [6.07, 6.45) is -1.33. The van der Waals surface area contributed by atoms with E-state index in [1.165, 1.54) is 0 Å². The van der Waals surface area contributed by atoms with Gasteiger partial charge in [-0.25, -0.2) is 8.78 Å². The van der Waals surface area contributed by atoms with Crippen molar-refractivity contribution in [2.75, 3.05) is 20.3 Å². The molecule has 0 bridgehead atoms. The van der Waals surface area contributed by atoms with Gasteiger partial charge in [-0.1, -0.05) is 0 Å². The third kappa shape index (κ3) is 3.46. The topological polar surface area (TPSA) is 47.9 Å². The average molecular weight is 353 g/mol. The zero-order valence-corrected chi connectivity index (χ0v) is 12.4. The van der Waals surface area contributed by atoms with Crippen LogP contribution in [0.15, 0.2) is 16.6 Å². The van der Waals surface area contributed by atoms with Crippen molar-refractivity contribution in [3.05, 3.63) is 28.2 Å². The molecule has 20 heavy (non-hydrogen) atoms. The van der Waals surface area contributed by atoms with Gasteiger partial charge in [0.05, 0.1) is 23.8 Å². The molecule has 2 rings (SSSR count). The summed E-state index contributed by atoms with van der Waals surface area (Å²) in [6.45, 7) is 0.704. The quantitative estimate of drug-likeness (QED) is 0.798. The van der Waals surface area contributed by atoms with Crippen molar-refractivity contribution >= 4 is 15.9 Å². The molecule has 0 aliphatic heterocycles. The van der Waals surface area contributed by atoms with E-state index in [-0.39, 0.29) is 10.2 Å². The number of halogens is 3. The van der Waals surface area contributed by atoms with Crippen molar-refractivity contribution in [2.24, 2.45) is 0 Å². The van der Waals surface area contributed by atoms with E-state index >= 15 is 0 Å². The van der Waals surface area contributed by atoms with Crippen LogP contribution in [-0.4, -0.2) is 43.7 Å². The minimum atomic E-state index is -0.797. The van der Waals surface area contributed by atoms with Crippen LogP contribution in [0.1, 0.15) is 6.42 Å². The van der Waals surface area contributed by atoms with Crippen molar-refractivity contribution in [2.45, 2.75) is 24.7 Å². The first-order chi connectivity index (χ1) is 9.52. The number of aliphatic hydroxyl groups excluding tert-OH is 1. The Hall–Kier alpha value is -0.760. The van der Waals surface area contributed by atoms with Crippen LogP contribution in [0.25, 0.3) is 0 Å². The highest BCUT2D eigenvalue weighted by molar-refractivity contribution is 9.10. The van der Waals surface area contributed by atoms with E-state index < -0.39 is 29.9 Å². The van der Waals surface area contributed by atoms with Crippen LogP contribution < -0.4 is 4.74 Å². The van der Waals surface area contributed by atoms with Gasteiger partial charge in [-0.15, -0.1) is 0 Å². The maximum atomic E-state index is 13.6. The summed E-state index contributed by atoms with van der Waals surface area (Å²) in [4.78, 5) is 0. The fourth-order valence-electron chi connectivity index (χ4n) is 1.95. The maximum absolute atomic E-state index is 13.6. The van der Waals surface area contributed by atoms with E-state index in [9.17, 15) is 13.9 Å². The van der Waals surface area contributed by atoms with Gasteiger partial charge in [-0.3, -0.25) is 0 Å². The van der Waals surface area contributed by atoms with E-state index in [0.717, 1.165) is 12.1 Å². The molecule has 0 saturated heterocycles. The number of aliphatic hydroxyl groups is 1. The zero-order chi connectivity index (χ0) is 14.7. The average Bonchev–Trinajstić information content (AvgIpc) is 2.37. The molecule has 1 fully saturated rings. The van der Waals surface area contributed by atoms with Crippen LogP contribution in [0, 0.1) is 11.6 Å². The molecule has 0 spiro atoms. The predicted octanol–water partition coefficient (Wildman–Crippen LogP) is 2.27. The molecule has 3 atom stereocenters. The summed E-state index contributed by atoms with van der Waals surface area (Å²) in [5.74, 6) is -1.57. The second-order valence-corrected chi connectivity index (χ2v) is 5.34. The van der Waals surface area contributed by atoms with Crippen molar-refractivity contribution in [3.8, 4) is 5.75 Å². The van der Waals surface area contributed by atoms with Crippen LogP contribution in [-0.2, 0) is 9.47 Å². The fraction of sp³-hybridized carbons (Fsp3) is 0.538. The standard InChI is InChI=1S/C13H15BrF2O4/c1-18-2-3-19-13-10(17)6-11(13)20-12-8(14)4-7(15)5-9(12)16/h4-5,10-11,13,17H,2-3,6H2,1H3. The van der Waals surface area contributed by atoms with Gasteiger partial charge in [0.2, 0.25) is 0 Å². The van der Waals surface area contributed by atoms with Crippen LogP contribution in [0.3, 0.4) is 0 Å². The smallest absolute Gasteiger partial charge is 0.169 e. The summed E-state index contributed by atoms with van der Waals surface area (Å²) in [5.41, 5.74) is 0. The molecule has 0 aromatic heterocycles. The van der Waals surface area contributed by atoms with Gasteiger partial charge in [0, 0.05) is 19.6 Å². The van der Waals surface area contributed by atoms with Crippen molar-refractivity contribution in [1.29, 1.82) is 0 Å². The second-order valence-electron chi connectivity index (χ2n) is 4.49. The number of methoxy groups -OCH3 is 1. The molecule has 0 radical (unpaired) electrons. The Morgan fingerprint density at radius 3 is 2.70 bits per heavy atom. The normalized spacial score (nSPS) is 25.4. The van der Waals surface area contributed by atoms with Crippen LogP contribution >= 0.6 is 15.9 Å². The molecule has 1 aliphatic rings. The SMILES string of the molecule is COCCOC1C(O)CC1Oc1c(F)cc(F)cc1Br. The third-order valence-electron chi connectivity index (χ3n) is 3.05. The van der Waals surface area contributed by atoms with Crippen molar-refractivity contribution in [3.63, 3.8) is 0 Å². The van der Waals surface area contributed by atoms with Gasteiger partial charge in [-0.05, 0) is 22.0 Å². The second kappa shape index (κ2) is 6.80. The number of hydrogen-bond acceptors (Lipinski definition) is 4. The van der Waals surface area contributed by atoms with Crippen LogP contribution in [0.5, 0.6) is 5.75 Å². The van der Waals surface area contributed by atoms with Gasteiger partial charge in [0.15, 0.2) is 11.6 Å². The first kappa shape index (κ1) is 15.6. The summed E-state index contributed by atoms with van der Waals surface area (Å²) in [7, 11) is 1.54. The predicted molar refractivity (Wildman–Crippen MR) is 70.7 cm³/mol. The molecule has 1 saturated carbocycles. The monoisotopic (exact) mass is 352 g/mol. The summed E-state index contributed by atoms with van der Waals surface area (Å²) >= 11 is 3.05. The van der Waals surface area contributed by atoms with Gasteiger partial charge < -0.3 is 19.3 Å². The summed E-state index contributed by atoms with van der Waals surface area (Å²) in [5, 5.41) is 9.63. The van der Waals surface area contributed by atoms with Gasteiger partial charge in [0.1, 0.15) is 18.0 Å². The highest BCUT2D eigenvalue weighted by atomic mass is 79.9. The Kier molecular flexibility index (Phi) is 5.31. The lowest BCUT2D eigenvalue weighted by Gasteiger charge is -2.40. The lowest BCUT2D eigenvalue weighted by Crippen LogP contribution is -2.55. The van der Waals surface area contributed by atoms with E-state index in [0.29, 0.717) is 19.6 Å². The Bertz CT molecular complexity index is 449. The van der Waals surface area contributed by atoms with Gasteiger partial charge >= 0.3 is 0 Å². The van der Waals surface area contributed by atoms with E-state index in [4.69, 9.17) is 14.2 Å². The highest BCUT2D eigenvalue weighted by Crippen LogP contribution is 2.35. The Morgan fingerprint density at radius 2 is 2.10 bits per heavy atom. The molecule has 1 aromatic rings. The van der Waals surface area contributed by atoms with Crippen molar-refractivity contribution in [1.82, 2.24) is 0 Å². The maximum Gasteiger partial charge on any atom is 0.169 e. The molecule has 0 amide bonds. The number of ether oxygens (including phenoxy) is 3. The minimum Gasteiger partial charge on any atom is -0.483 e. The third-order valence-corrected chi connectivity index (χ3v) is 3.64. The molecular formula is C13H15BrF2O4. The Morgan fingerprint density at radius 1 is 1.35 bits per heavy atom. The number of rotatable bonds is 6. The van der Waals surface area contributed by atoms with E-state index in [1.807, 2.05) is 0 Å². The Balaban J connectivity index is 1.99. The first-order valence-corrected chi connectivity index (χ1v) is 6.92. The number of benzene rings is 1. The van der Waals surface area contributed by atoms with Crippen LogP contribution in [0.4, 0.5) is 8.78 Å². The first-order valence-electron chi connectivity index (χ1n) is 6.12. The molecule has 3 unspecified atom stereocenters. The molecule has 4 nitrogen and oxygen atoms in total. The minimum absolute atomic E-state index is 0.0800. The van der Waals surface area contributed by atoms with Crippen molar-refractivity contribution < 1.29 is 28.1 Å². The Labute approximate surface area is 123 Å². The van der Waals surface area contributed by atoms with Gasteiger partial charge in [-0.2, -0.15) is 0 Å². The highest BCUT2D eigenvalue weighted by Gasteiger charge is 2.43. The molecule has 112 valence electrons. The summed E-state index contributed by atoms with van der Waals surface area (Å²) < 4.78 is 42.5. The molecule has 0 heterocycles. The fourth-order valence-corrected chi connectivity index (χ4v) is 2.45. The molecular weight excluding hydrogens is 338 g/mol. The lowest BCUT2D eigenvalue weighted by atomic mass is 9.88. The number of hydrogen-bond donors (Lipinski definition) is 1. The molecule has 1 aromatic carbocycles. The lowest BCUT2D eigenvalue weighted by molar-refractivity contribution is -0.167. The summed E-state index contributed by atoms with van der Waals surface area (Å²) in [6, 6.07) is 1.87. The molecule has 7 heteroatoms. The van der Waals surface area contributed by atoms with E-state index in [2.05, 4.69) is 15.9 Å². The van der Waals surface area contributed by atoms with E-state index in [1.54, 1.807) is 7.11 Å².